The number of esters is 1. The molecule has 0 saturated heterocycles. The van der Waals surface area contributed by atoms with Crippen LogP contribution in [0.2, 0.25) is 6.04 Å². The molecule has 6 heteroatoms. The lowest BCUT2D eigenvalue weighted by Gasteiger charge is -2.04. The van der Waals surface area contributed by atoms with Crippen molar-refractivity contribution in [1.82, 2.24) is 0 Å². The van der Waals surface area contributed by atoms with E-state index in [1.807, 2.05) is 0 Å². The second-order valence-corrected chi connectivity index (χ2v) is 7.00. The molecule has 0 radical (unpaired) electrons. The number of halogens is 3. The molecule has 0 atom stereocenters. The van der Waals surface area contributed by atoms with Crippen LogP contribution in [0.15, 0.2) is 12.7 Å². The predicted molar refractivity (Wildman–Crippen MR) is 81.2 cm³/mol. The van der Waals surface area contributed by atoms with Crippen LogP contribution in [0.4, 0.5) is 12.3 Å². The monoisotopic (exact) mass is 324 g/mol. The van der Waals surface area contributed by atoms with Gasteiger partial charge >= 0.3 is 15.0 Å². The van der Waals surface area contributed by atoms with Crippen LogP contribution in [-0.4, -0.2) is 21.7 Å². The van der Waals surface area contributed by atoms with Crippen LogP contribution in [0.25, 0.3) is 0 Å². The van der Waals surface area contributed by atoms with Crippen molar-refractivity contribution in [1.29, 1.82) is 0 Å². The first-order valence-electron chi connectivity index (χ1n) is 7.81. The van der Waals surface area contributed by atoms with Gasteiger partial charge in [-0.2, -0.15) is 0 Å². The van der Waals surface area contributed by atoms with Crippen LogP contribution in [-0.2, 0) is 9.53 Å². The minimum absolute atomic E-state index is 0.319. The van der Waals surface area contributed by atoms with Gasteiger partial charge in [0.1, 0.15) is 0 Å². The van der Waals surface area contributed by atoms with Crippen molar-refractivity contribution in [2.24, 2.45) is 0 Å². The lowest BCUT2D eigenvalue weighted by Crippen LogP contribution is -2.13. The molecule has 0 aliphatic heterocycles. The fourth-order valence-electron chi connectivity index (χ4n) is 2.07. The van der Waals surface area contributed by atoms with Gasteiger partial charge in [0.15, 0.2) is 0 Å². The zero-order valence-electron chi connectivity index (χ0n) is 12.7. The average molecular weight is 324 g/mol. The van der Waals surface area contributed by atoms with Gasteiger partial charge < -0.3 is 4.74 Å². The van der Waals surface area contributed by atoms with E-state index in [0.29, 0.717) is 19.4 Å². The average Bonchev–Trinajstić information content (AvgIpc) is 2.42. The van der Waals surface area contributed by atoms with Crippen molar-refractivity contribution in [2.75, 3.05) is 6.61 Å². The number of rotatable bonds is 14. The zero-order chi connectivity index (χ0) is 16.0. The summed E-state index contributed by atoms with van der Waals surface area (Å²) < 4.78 is 41.0. The molecule has 0 bridgehead atoms. The molecule has 0 aromatic heterocycles. The number of unbranched alkanes of at least 4 members (excludes halogenated alkanes) is 9. The second-order valence-electron chi connectivity index (χ2n) is 5.27. The fraction of sp³-hybridized carbons (Fsp3) is 0.800. The van der Waals surface area contributed by atoms with Gasteiger partial charge in [0, 0.05) is 12.1 Å². The topological polar surface area (TPSA) is 26.3 Å². The van der Waals surface area contributed by atoms with Crippen LogP contribution in [0.5, 0.6) is 0 Å². The first kappa shape index (κ1) is 20.2. The van der Waals surface area contributed by atoms with E-state index in [-0.39, 0.29) is 5.97 Å². The van der Waals surface area contributed by atoms with Gasteiger partial charge in [-0.05, 0) is 12.8 Å². The van der Waals surface area contributed by atoms with Crippen LogP contribution in [0, 0.1) is 0 Å². The highest BCUT2D eigenvalue weighted by molar-refractivity contribution is 6.58. The standard InChI is InChI=1S/C15H27F3O2Si/c1-2-15(19)20-13-11-9-7-5-3-4-6-8-10-12-14-21(16,17)18/h2H,1,3-14H2. The van der Waals surface area contributed by atoms with Crippen LogP contribution in [0.1, 0.15) is 64.2 Å². The normalized spacial score (nSPS) is 11.4. The van der Waals surface area contributed by atoms with E-state index < -0.39 is 15.1 Å². The minimum Gasteiger partial charge on any atom is -0.463 e. The summed E-state index contributed by atoms with van der Waals surface area (Å²) in [5.74, 6) is -0.372. The molecule has 0 heterocycles. The Labute approximate surface area is 127 Å². The molecule has 0 aromatic carbocycles. The van der Waals surface area contributed by atoms with Crippen molar-refractivity contribution >= 4 is 15.0 Å². The van der Waals surface area contributed by atoms with Gasteiger partial charge in [-0.1, -0.05) is 57.9 Å². The summed E-state index contributed by atoms with van der Waals surface area (Å²) in [6.45, 7) is 3.77. The molecule has 0 spiro atoms. The maximum absolute atomic E-state index is 12.0. The molecule has 0 aromatic rings. The Morgan fingerprint density at radius 1 is 0.857 bits per heavy atom. The summed E-state index contributed by atoms with van der Waals surface area (Å²) in [6, 6.07) is -0.510. The first-order chi connectivity index (χ1) is 9.95. The smallest absolute Gasteiger partial charge is 0.463 e. The molecule has 124 valence electrons. The summed E-state index contributed by atoms with van der Waals surface area (Å²) >= 11 is 0. The van der Waals surface area contributed by atoms with Crippen LogP contribution in [0.3, 0.4) is 0 Å². The largest absolute Gasteiger partial charge is 0.616 e. The maximum Gasteiger partial charge on any atom is 0.616 e. The Morgan fingerprint density at radius 3 is 1.71 bits per heavy atom. The van der Waals surface area contributed by atoms with E-state index in [2.05, 4.69) is 6.58 Å². The van der Waals surface area contributed by atoms with Gasteiger partial charge in [-0.3, -0.25) is 0 Å². The lowest BCUT2D eigenvalue weighted by atomic mass is 10.1. The highest BCUT2D eigenvalue weighted by Gasteiger charge is 2.35. The van der Waals surface area contributed by atoms with Crippen molar-refractivity contribution in [2.45, 2.75) is 70.3 Å². The van der Waals surface area contributed by atoms with Crippen molar-refractivity contribution in [3.63, 3.8) is 0 Å². The molecule has 0 aliphatic carbocycles. The SMILES string of the molecule is C=CC(=O)OCCCCCCCCCCCC[Si](F)(F)F. The van der Waals surface area contributed by atoms with Gasteiger partial charge in [0.05, 0.1) is 6.61 Å². The third-order valence-corrected chi connectivity index (χ3v) is 4.19. The summed E-state index contributed by atoms with van der Waals surface area (Å²) in [7, 11) is -5.30. The maximum atomic E-state index is 12.0. The lowest BCUT2D eigenvalue weighted by molar-refractivity contribution is -0.137. The third kappa shape index (κ3) is 17.2. The Balaban J connectivity index is 3.09. The summed E-state index contributed by atoms with van der Waals surface area (Å²) in [5.41, 5.74) is 0. The van der Waals surface area contributed by atoms with Gasteiger partial charge in [0.25, 0.3) is 0 Å². The highest BCUT2D eigenvalue weighted by atomic mass is 28.5. The highest BCUT2D eigenvalue weighted by Crippen LogP contribution is 2.19. The van der Waals surface area contributed by atoms with Gasteiger partial charge in [-0.15, -0.1) is 0 Å². The summed E-state index contributed by atoms with van der Waals surface area (Å²) in [4.78, 5) is 10.7. The van der Waals surface area contributed by atoms with E-state index in [9.17, 15) is 17.1 Å². The van der Waals surface area contributed by atoms with E-state index in [0.717, 1.165) is 57.4 Å². The van der Waals surface area contributed by atoms with Crippen molar-refractivity contribution in [3.8, 4) is 0 Å². The number of hydrogen-bond acceptors (Lipinski definition) is 2. The summed E-state index contributed by atoms with van der Waals surface area (Å²) in [6.07, 6.45) is 10.6. The van der Waals surface area contributed by atoms with Crippen LogP contribution < -0.4 is 0 Å². The molecule has 0 N–H and O–H groups in total. The van der Waals surface area contributed by atoms with Gasteiger partial charge in [-0.25, -0.2) is 17.1 Å². The van der Waals surface area contributed by atoms with Crippen molar-refractivity contribution in [3.05, 3.63) is 12.7 Å². The predicted octanol–water partition coefficient (Wildman–Crippen LogP) is 5.46. The zero-order valence-corrected chi connectivity index (χ0v) is 13.7. The molecule has 0 saturated carbocycles. The number of carbonyl (C=O) groups is 1. The van der Waals surface area contributed by atoms with Crippen molar-refractivity contribution < 1.29 is 21.9 Å². The molecule has 2 nitrogen and oxygen atoms in total. The fourth-order valence-corrected chi connectivity index (χ4v) is 2.72. The number of carbonyl (C=O) groups excluding carboxylic acids is 1. The summed E-state index contributed by atoms with van der Waals surface area (Å²) in [5, 5.41) is 0. The van der Waals surface area contributed by atoms with E-state index in [1.165, 1.54) is 0 Å². The molecule has 0 amide bonds. The minimum atomic E-state index is -5.30. The third-order valence-electron chi connectivity index (χ3n) is 3.27. The van der Waals surface area contributed by atoms with E-state index >= 15 is 0 Å². The molecular weight excluding hydrogens is 297 g/mol. The second kappa shape index (κ2) is 12.9. The molecule has 0 unspecified atom stereocenters. The van der Waals surface area contributed by atoms with E-state index in [4.69, 9.17) is 4.74 Å². The number of hydrogen-bond donors (Lipinski definition) is 0. The Kier molecular flexibility index (Phi) is 12.4. The molecule has 21 heavy (non-hydrogen) atoms. The molecule has 0 fully saturated rings. The van der Waals surface area contributed by atoms with Crippen LogP contribution >= 0.6 is 0 Å². The Bertz CT molecular complexity index is 281. The Morgan fingerprint density at radius 2 is 1.29 bits per heavy atom. The first-order valence-corrected chi connectivity index (χ1v) is 9.66. The molecule has 0 aliphatic rings. The molecular formula is C15H27F3O2Si. The molecule has 0 rings (SSSR count). The quantitative estimate of drug-likeness (QED) is 0.139. The number of ether oxygens (including phenoxy) is 1. The Hall–Kier alpha value is -0.783. The van der Waals surface area contributed by atoms with E-state index in [1.54, 1.807) is 0 Å². The van der Waals surface area contributed by atoms with Gasteiger partial charge in [0.2, 0.25) is 0 Å².